The van der Waals surface area contributed by atoms with Crippen molar-refractivity contribution in [3.05, 3.63) is 78.1 Å². The Kier molecular flexibility index (Phi) is 3.38. The van der Waals surface area contributed by atoms with Gasteiger partial charge in [0.1, 0.15) is 0 Å². The number of para-hydroxylation sites is 2. The number of anilines is 1. The molecule has 0 radical (unpaired) electrons. The second-order valence-electron chi connectivity index (χ2n) is 6.10. The van der Waals surface area contributed by atoms with Crippen LogP contribution in [0.3, 0.4) is 0 Å². The SMILES string of the molecule is CCC1C(c2ccc3ccccc3n2)=CN(C)c2ccccc21. The van der Waals surface area contributed by atoms with E-state index in [1.54, 1.807) is 0 Å². The first kappa shape index (κ1) is 14.0. The lowest BCUT2D eigenvalue weighted by atomic mass is 9.83. The number of nitrogens with zero attached hydrogens (tertiary/aromatic N) is 2. The van der Waals surface area contributed by atoms with Gasteiger partial charge in [0, 0.05) is 35.8 Å². The van der Waals surface area contributed by atoms with Crippen LogP contribution in [0.15, 0.2) is 66.9 Å². The number of aromatic nitrogens is 1. The Morgan fingerprint density at radius 1 is 0.957 bits per heavy atom. The van der Waals surface area contributed by atoms with Crippen LogP contribution in [0.5, 0.6) is 0 Å². The van der Waals surface area contributed by atoms with E-state index in [9.17, 15) is 0 Å². The molecule has 2 heterocycles. The summed E-state index contributed by atoms with van der Waals surface area (Å²) in [6, 6.07) is 21.3. The normalized spacial score (nSPS) is 17.0. The van der Waals surface area contributed by atoms with E-state index in [0.29, 0.717) is 5.92 Å². The first-order chi connectivity index (χ1) is 11.3. The summed E-state index contributed by atoms with van der Waals surface area (Å²) in [6.45, 7) is 2.25. The third-order valence-electron chi connectivity index (χ3n) is 4.70. The van der Waals surface area contributed by atoms with Crippen molar-refractivity contribution in [3.8, 4) is 0 Å². The molecule has 0 amide bonds. The molecule has 0 aliphatic carbocycles. The minimum atomic E-state index is 0.399. The maximum absolute atomic E-state index is 4.91. The maximum Gasteiger partial charge on any atom is 0.0709 e. The molecule has 114 valence electrons. The zero-order chi connectivity index (χ0) is 15.8. The first-order valence-corrected chi connectivity index (χ1v) is 8.17. The Labute approximate surface area is 137 Å². The lowest BCUT2D eigenvalue weighted by Gasteiger charge is -2.32. The van der Waals surface area contributed by atoms with Crippen LogP contribution in [0.2, 0.25) is 0 Å². The van der Waals surface area contributed by atoms with Gasteiger partial charge in [0.05, 0.1) is 11.2 Å². The van der Waals surface area contributed by atoms with Crippen LogP contribution < -0.4 is 4.90 Å². The van der Waals surface area contributed by atoms with Gasteiger partial charge in [-0.2, -0.15) is 0 Å². The number of fused-ring (bicyclic) bond motifs is 2. The molecule has 1 atom stereocenters. The van der Waals surface area contributed by atoms with Gasteiger partial charge in [0.25, 0.3) is 0 Å². The predicted molar refractivity (Wildman–Crippen MR) is 97.6 cm³/mol. The van der Waals surface area contributed by atoms with Gasteiger partial charge in [-0.15, -0.1) is 0 Å². The summed E-state index contributed by atoms with van der Waals surface area (Å²) in [6.07, 6.45) is 3.32. The number of allylic oxidation sites excluding steroid dienone is 1. The molecule has 3 aromatic rings. The van der Waals surface area contributed by atoms with Gasteiger partial charge in [0.2, 0.25) is 0 Å². The topological polar surface area (TPSA) is 16.1 Å². The van der Waals surface area contributed by atoms with Gasteiger partial charge in [0.15, 0.2) is 0 Å². The van der Waals surface area contributed by atoms with Crippen molar-refractivity contribution >= 4 is 22.2 Å². The Hall–Kier alpha value is -2.61. The van der Waals surface area contributed by atoms with Gasteiger partial charge in [-0.1, -0.05) is 49.4 Å². The van der Waals surface area contributed by atoms with E-state index >= 15 is 0 Å². The van der Waals surface area contributed by atoms with Gasteiger partial charge < -0.3 is 4.90 Å². The van der Waals surface area contributed by atoms with E-state index in [-0.39, 0.29) is 0 Å². The molecule has 1 unspecified atom stereocenters. The van der Waals surface area contributed by atoms with Crippen molar-refractivity contribution in [1.29, 1.82) is 0 Å². The third-order valence-corrected chi connectivity index (χ3v) is 4.70. The summed E-state index contributed by atoms with van der Waals surface area (Å²) < 4.78 is 0. The highest BCUT2D eigenvalue weighted by molar-refractivity contribution is 5.84. The molecule has 0 fully saturated rings. The molecular formula is C21H20N2. The number of hydrogen-bond donors (Lipinski definition) is 0. The fourth-order valence-electron chi connectivity index (χ4n) is 3.55. The Morgan fingerprint density at radius 2 is 1.74 bits per heavy atom. The second kappa shape index (κ2) is 5.54. The van der Waals surface area contributed by atoms with Crippen LogP contribution in [-0.4, -0.2) is 12.0 Å². The lowest BCUT2D eigenvalue weighted by Crippen LogP contribution is -2.20. The average molecular weight is 300 g/mol. The molecule has 1 aliphatic heterocycles. The van der Waals surface area contributed by atoms with Crippen molar-refractivity contribution in [2.45, 2.75) is 19.3 Å². The second-order valence-corrected chi connectivity index (χ2v) is 6.10. The van der Waals surface area contributed by atoms with Crippen LogP contribution in [0.25, 0.3) is 16.5 Å². The molecule has 1 aromatic heterocycles. The summed E-state index contributed by atoms with van der Waals surface area (Å²) in [5.41, 5.74) is 6.13. The van der Waals surface area contributed by atoms with Crippen LogP contribution >= 0.6 is 0 Å². The average Bonchev–Trinajstić information content (AvgIpc) is 2.61. The molecule has 0 saturated carbocycles. The standard InChI is InChI=1S/C21H20N2/c1-3-16-17-9-5-7-11-21(17)23(2)14-18(16)20-13-12-15-8-4-6-10-19(15)22-20/h4-14,16H,3H2,1-2H3. The molecule has 0 N–H and O–H groups in total. The number of pyridine rings is 1. The van der Waals surface area contributed by atoms with Crippen LogP contribution in [0.1, 0.15) is 30.5 Å². The van der Waals surface area contributed by atoms with E-state index in [1.165, 1.54) is 22.2 Å². The van der Waals surface area contributed by atoms with Crippen molar-refractivity contribution in [2.24, 2.45) is 0 Å². The summed E-state index contributed by atoms with van der Waals surface area (Å²) in [4.78, 5) is 7.13. The number of hydrogen-bond acceptors (Lipinski definition) is 2. The fraction of sp³-hybridized carbons (Fsp3) is 0.190. The van der Waals surface area contributed by atoms with E-state index in [0.717, 1.165) is 17.6 Å². The maximum atomic E-state index is 4.91. The van der Waals surface area contributed by atoms with Crippen LogP contribution in [0.4, 0.5) is 5.69 Å². The highest BCUT2D eigenvalue weighted by Crippen LogP contribution is 2.42. The third kappa shape index (κ3) is 2.31. The Bertz CT molecular complexity index is 895. The molecule has 0 spiro atoms. The molecule has 4 rings (SSSR count). The van der Waals surface area contributed by atoms with Crippen molar-refractivity contribution in [3.63, 3.8) is 0 Å². The minimum Gasteiger partial charge on any atom is -0.350 e. The molecule has 2 aromatic carbocycles. The zero-order valence-corrected chi connectivity index (χ0v) is 13.5. The first-order valence-electron chi connectivity index (χ1n) is 8.17. The number of benzene rings is 2. The summed E-state index contributed by atoms with van der Waals surface area (Å²) in [5, 5.41) is 1.19. The Balaban J connectivity index is 1.86. The van der Waals surface area contributed by atoms with Gasteiger partial charge in [-0.25, -0.2) is 4.98 Å². The van der Waals surface area contributed by atoms with Crippen molar-refractivity contribution < 1.29 is 0 Å². The fourth-order valence-corrected chi connectivity index (χ4v) is 3.55. The summed E-state index contributed by atoms with van der Waals surface area (Å²) in [5.74, 6) is 0.399. The zero-order valence-electron chi connectivity index (χ0n) is 13.5. The van der Waals surface area contributed by atoms with E-state index in [1.807, 2.05) is 6.07 Å². The van der Waals surface area contributed by atoms with Crippen molar-refractivity contribution in [2.75, 3.05) is 11.9 Å². The lowest BCUT2D eigenvalue weighted by molar-refractivity contribution is 0.802. The summed E-state index contributed by atoms with van der Waals surface area (Å²) in [7, 11) is 2.12. The molecule has 1 aliphatic rings. The minimum absolute atomic E-state index is 0.399. The molecule has 2 nitrogen and oxygen atoms in total. The van der Waals surface area contributed by atoms with Gasteiger partial charge >= 0.3 is 0 Å². The highest BCUT2D eigenvalue weighted by Gasteiger charge is 2.25. The summed E-state index contributed by atoms with van der Waals surface area (Å²) >= 11 is 0. The van der Waals surface area contributed by atoms with E-state index in [2.05, 4.69) is 79.7 Å². The predicted octanol–water partition coefficient (Wildman–Crippen LogP) is 5.22. The van der Waals surface area contributed by atoms with Gasteiger partial charge in [-0.3, -0.25) is 0 Å². The van der Waals surface area contributed by atoms with Crippen LogP contribution in [-0.2, 0) is 0 Å². The monoisotopic (exact) mass is 300 g/mol. The largest absolute Gasteiger partial charge is 0.350 e. The molecule has 0 saturated heterocycles. The van der Waals surface area contributed by atoms with E-state index in [4.69, 9.17) is 4.98 Å². The smallest absolute Gasteiger partial charge is 0.0709 e. The highest BCUT2D eigenvalue weighted by atomic mass is 15.1. The molecular weight excluding hydrogens is 280 g/mol. The van der Waals surface area contributed by atoms with Crippen LogP contribution in [0, 0.1) is 0 Å². The molecule has 0 bridgehead atoms. The van der Waals surface area contributed by atoms with E-state index < -0.39 is 0 Å². The number of rotatable bonds is 2. The Morgan fingerprint density at radius 3 is 2.61 bits per heavy atom. The molecule has 2 heteroatoms. The quantitative estimate of drug-likeness (QED) is 0.645. The van der Waals surface area contributed by atoms with Crippen molar-refractivity contribution in [1.82, 2.24) is 4.98 Å². The molecule has 23 heavy (non-hydrogen) atoms. The van der Waals surface area contributed by atoms with Gasteiger partial charge in [-0.05, 0) is 30.2 Å².